The number of rotatable bonds is 5. The third-order valence-corrected chi connectivity index (χ3v) is 4.48. The minimum atomic E-state index is -0.967. The van der Waals surface area contributed by atoms with Crippen molar-refractivity contribution >= 4 is 23.1 Å². The van der Waals surface area contributed by atoms with E-state index in [9.17, 15) is 8.78 Å². The Morgan fingerprint density at radius 1 is 1.31 bits per heavy atom. The maximum Gasteiger partial charge on any atom is 0.243 e. The predicted octanol–water partition coefficient (Wildman–Crippen LogP) is 1.88. The Hall–Kier alpha value is -3.04. The van der Waals surface area contributed by atoms with Crippen LogP contribution in [0.2, 0.25) is 0 Å². The molecule has 0 unspecified atom stereocenters. The Morgan fingerprint density at radius 2 is 2.12 bits per heavy atom. The number of nitrogens with two attached hydrogens (primary N) is 1. The smallest absolute Gasteiger partial charge is 0.243 e. The number of aromatic nitrogens is 6. The van der Waals surface area contributed by atoms with Gasteiger partial charge >= 0.3 is 0 Å². The summed E-state index contributed by atoms with van der Waals surface area (Å²) in [5, 5.41) is 12.1. The second-order valence-corrected chi connectivity index (χ2v) is 6.00. The summed E-state index contributed by atoms with van der Waals surface area (Å²) in [6.45, 7) is -1.68. The van der Waals surface area contributed by atoms with Gasteiger partial charge in [0.05, 0.1) is 18.5 Å². The number of hydrogen-bond acceptors (Lipinski definition) is 6. The van der Waals surface area contributed by atoms with E-state index < -0.39 is 19.4 Å². The molecule has 1 aliphatic carbocycles. The molecule has 0 radical (unpaired) electrons. The van der Waals surface area contributed by atoms with Crippen LogP contribution in [0.15, 0.2) is 12.3 Å². The summed E-state index contributed by atoms with van der Waals surface area (Å²) in [6.07, 6.45) is 4.96. The second kappa shape index (κ2) is 6.36. The number of nitrogen functional groups attached to an aromatic ring is 1. The molecule has 0 bridgehead atoms. The lowest BCUT2D eigenvalue weighted by Gasteiger charge is -2.16. The first-order valence-electron chi connectivity index (χ1n) is 8.12. The number of halogens is 2. The lowest BCUT2D eigenvalue weighted by atomic mass is 9.94. The molecule has 0 aliphatic heterocycles. The van der Waals surface area contributed by atoms with Gasteiger partial charge in [-0.2, -0.15) is 4.98 Å². The fourth-order valence-electron chi connectivity index (χ4n) is 3.22. The monoisotopic (exact) mass is 361 g/mol. The SMILES string of the molecule is COc1nc(N)nn2ccc(C3=Cc4c(nnn4C(CF)CF)CC3)c12. The van der Waals surface area contributed by atoms with Crippen molar-refractivity contribution in [2.75, 3.05) is 26.2 Å². The van der Waals surface area contributed by atoms with Crippen LogP contribution < -0.4 is 10.5 Å². The Morgan fingerprint density at radius 3 is 2.85 bits per heavy atom. The van der Waals surface area contributed by atoms with Crippen LogP contribution in [0.3, 0.4) is 0 Å². The minimum Gasteiger partial charge on any atom is -0.479 e. The molecule has 0 saturated heterocycles. The van der Waals surface area contributed by atoms with Gasteiger partial charge in [-0.15, -0.1) is 10.2 Å². The third kappa shape index (κ3) is 2.49. The van der Waals surface area contributed by atoms with Gasteiger partial charge in [0.1, 0.15) is 24.9 Å². The summed E-state index contributed by atoms with van der Waals surface area (Å²) in [7, 11) is 1.51. The van der Waals surface area contributed by atoms with Gasteiger partial charge in [-0.25, -0.2) is 18.0 Å². The maximum absolute atomic E-state index is 13.1. The Balaban J connectivity index is 1.85. The normalized spacial score (nSPS) is 13.9. The summed E-state index contributed by atoms with van der Waals surface area (Å²) in [5.41, 5.74) is 9.57. The zero-order valence-corrected chi connectivity index (χ0v) is 14.1. The first-order valence-corrected chi connectivity index (χ1v) is 8.12. The van der Waals surface area contributed by atoms with Gasteiger partial charge in [0.15, 0.2) is 0 Å². The number of hydrogen-bond donors (Lipinski definition) is 1. The van der Waals surface area contributed by atoms with E-state index in [1.165, 1.54) is 11.8 Å². The van der Waals surface area contributed by atoms with E-state index in [4.69, 9.17) is 10.5 Å². The van der Waals surface area contributed by atoms with E-state index in [-0.39, 0.29) is 5.95 Å². The van der Waals surface area contributed by atoms with E-state index in [1.807, 2.05) is 12.1 Å². The lowest BCUT2D eigenvalue weighted by molar-refractivity contribution is 0.268. The zero-order chi connectivity index (χ0) is 18.3. The fraction of sp³-hybridized carbons (Fsp3) is 0.375. The summed E-state index contributed by atoms with van der Waals surface area (Å²) in [5.74, 6) is 0.466. The molecule has 2 N–H and O–H groups in total. The molecule has 0 amide bonds. The molecular weight excluding hydrogens is 344 g/mol. The van der Waals surface area contributed by atoms with Crippen LogP contribution in [0.5, 0.6) is 5.88 Å². The van der Waals surface area contributed by atoms with Crippen molar-refractivity contribution in [3.8, 4) is 5.88 Å². The van der Waals surface area contributed by atoms with E-state index in [2.05, 4.69) is 20.4 Å². The van der Waals surface area contributed by atoms with Crippen molar-refractivity contribution in [3.05, 3.63) is 29.2 Å². The van der Waals surface area contributed by atoms with E-state index >= 15 is 0 Å². The van der Waals surface area contributed by atoms with Crippen molar-refractivity contribution in [3.63, 3.8) is 0 Å². The largest absolute Gasteiger partial charge is 0.479 e. The molecule has 0 saturated carbocycles. The van der Waals surface area contributed by atoms with Crippen molar-refractivity contribution in [1.29, 1.82) is 0 Å². The number of fused-ring (bicyclic) bond motifs is 2. The number of anilines is 1. The Bertz CT molecular complexity index is 990. The standard InChI is InChI=1S/C16H17F2N7O/c1-26-15-14-11(4-5-24(14)22-16(19)20-15)9-2-3-12-13(6-9)25(23-21-12)10(7-17)8-18/h4-6,10H,2-3,7-8H2,1H3,(H2,19,22). The molecule has 10 heteroatoms. The van der Waals surface area contributed by atoms with Crippen molar-refractivity contribution in [2.45, 2.75) is 18.9 Å². The molecule has 3 aromatic rings. The molecular formula is C16H17F2N7O. The van der Waals surface area contributed by atoms with Crippen molar-refractivity contribution in [1.82, 2.24) is 29.6 Å². The molecule has 8 nitrogen and oxygen atoms in total. The highest BCUT2D eigenvalue weighted by atomic mass is 19.1. The van der Waals surface area contributed by atoms with Gasteiger partial charge in [0, 0.05) is 11.8 Å². The Labute approximate surface area is 147 Å². The van der Waals surface area contributed by atoms with Gasteiger partial charge in [-0.1, -0.05) is 5.21 Å². The van der Waals surface area contributed by atoms with Crippen LogP contribution in [0.25, 0.3) is 17.2 Å². The Kier molecular flexibility index (Phi) is 4.02. The van der Waals surface area contributed by atoms with E-state index in [1.54, 1.807) is 10.7 Å². The number of alkyl halides is 2. The molecule has 0 aromatic carbocycles. The van der Waals surface area contributed by atoms with Crippen LogP contribution >= 0.6 is 0 Å². The quantitative estimate of drug-likeness (QED) is 0.745. The van der Waals surface area contributed by atoms with Crippen LogP contribution in [-0.4, -0.2) is 50.1 Å². The van der Waals surface area contributed by atoms with Gasteiger partial charge in [-0.3, -0.25) is 0 Å². The van der Waals surface area contributed by atoms with E-state index in [0.717, 1.165) is 16.8 Å². The molecule has 0 spiro atoms. The highest BCUT2D eigenvalue weighted by Gasteiger charge is 2.24. The highest BCUT2D eigenvalue weighted by Crippen LogP contribution is 2.35. The number of allylic oxidation sites excluding steroid dienone is 1. The average molecular weight is 361 g/mol. The molecule has 0 atom stereocenters. The molecule has 3 heterocycles. The first-order chi connectivity index (χ1) is 12.7. The number of methoxy groups -OCH3 is 1. The molecule has 0 fully saturated rings. The minimum absolute atomic E-state index is 0.104. The number of aryl methyl sites for hydroxylation is 1. The predicted molar refractivity (Wildman–Crippen MR) is 91.2 cm³/mol. The fourth-order valence-corrected chi connectivity index (χ4v) is 3.22. The molecule has 136 valence electrons. The first kappa shape index (κ1) is 16.4. The molecule has 26 heavy (non-hydrogen) atoms. The highest BCUT2D eigenvalue weighted by molar-refractivity contribution is 5.91. The zero-order valence-electron chi connectivity index (χ0n) is 14.1. The molecule has 1 aliphatic rings. The van der Waals surface area contributed by atoms with E-state index in [0.29, 0.717) is 29.9 Å². The van der Waals surface area contributed by atoms with Crippen LogP contribution in [0.4, 0.5) is 14.7 Å². The van der Waals surface area contributed by atoms with Gasteiger partial charge in [0.2, 0.25) is 11.8 Å². The van der Waals surface area contributed by atoms with Gasteiger partial charge in [-0.05, 0) is 30.6 Å². The number of nitrogens with zero attached hydrogens (tertiary/aromatic N) is 6. The van der Waals surface area contributed by atoms with Crippen LogP contribution in [0, 0.1) is 0 Å². The summed E-state index contributed by atoms with van der Waals surface area (Å²) >= 11 is 0. The summed E-state index contributed by atoms with van der Waals surface area (Å²) in [6, 6.07) is 0.920. The second-order valence-electron chi connectivity index (χ2n) is 6.00. The van der Waals surface area contributed by atoms with Gasteiger partial charge in [0.25, 0.3) is 0 Å². The van der Waals surface area contributed by atoms with Crippen LogP contribution in [0.1, 0.15) is 29.4 Å². The third-order valence-electron chi connectivity index (χ3n) is 4.48. The average Bonchev–Trinajstić information content (AvgIpc) is 3.26. The van der Waals surface area contributed by atoms with Gasteiger partial charge < -0.3 is 10.5 Å². The lowest BCUT2D eigenvalue weighted by Crippen LogP contribution is -2.17. The summed E-state index contributed by atoms with van der Waals surface area (Å²) in [4.78, 5) is 4.12. The maximum atomic E-state index is 13.1. The topological polar surface area (TPSA) is 96.2 Å². The van der Waals surface area contributed by atoms with Crippen molar-refractivity contribution < 1.29 is 13.5 Å². The van der Waals surface area contributed by atoms with Crippen molar-refractivity contribution in [2.24, 2.45) is 0 Å². The molecule has 4 rings (SSSR count). The molecule has 3 aromatic heterocycles. The number of ether oxygens (including phenoxy) is 1. The van der Waals surface area contributed by atoms with Crippen LogP contribution in [-0.2, 0) is 6.42 Å². The summed E-state index contributed by atoms with van der Waals surface area (Å²) < 4.78 is 34.5.